The summed E-state index contributed by atoms with van der Waals surface area (Å²) in [6, 6.07) is 6.34. The molecule has 1 aliphatic heterocycles. The summed E-state index contributed by atoms with van der Waals surface area (Å²) in [5.41, 5.74) is 1.25. The highest BCUT2D eigenvalue weighted by molar-refractivity contribution is 5.89. The Kier molecular flexibility index (Phi) is 5.81. The number of piperidine rings is 1. The molecule has 1 aliphatic rings. The first-order valence-corrected chi connectivity index (χ1v) is 9.06. The maximum atomic E-state index is 12.0. The number of carbonyl (C=O) groups is 1. The SMILES string of the molecule is CC(C)CC(=O)Nc1ccnn1C1CCN(Cc2cccnc2)CC1. The first kappa shape index (κ1) is 17.6. The molecule has 0 atom stereocenters. The molecule has 0 bridgehead atoms. The number of nitrogens with zero attached hydrogens (tertiary/aromatic N) is 4. The van der Waals surface area contributed by atoms with E-state index < -0.39 is 0 Å². The zero-order valence-corrected chi connectivity index (χ0v) is 15.1. The zero-order chi connectivity index (χ0) is 17.6. The van der Waals surface area contributed by atoms with Crippen LogP contribution in [0.15, 0.2) is 36.8 Å². The molecule has 25 heavy (non-hydrogen) atoms. The summed E-state index contributed by atoms with van der Waals surface area (Å²) in [5.74, 6) is 1.23. The van der Waals surface area contributed by atoms with E-state index in [1.807, 2.05) is 29.2 Å². The molecule has 134 valence electrons. The highest BCUT2D eigenvalue weighted by atomic mass is 16.1. The average Bonchev–Trinajstić information content (AvgIpc) is 3.04. The van der Waals surface area contributed by atoms with Crippen molar-refractivity contribution in [2.45, 2.75) is 45.7 Å². The van der Waals surface area contributed by atoms with Crippen molar-refractivity contribution in [3.63, 3.8) is 0 Å². The Morgan fingerprint density at radius 2 is 2.08 bits per heavy atom. The van der Waals surface area contributed by atoms with Gasteiger partial charge in [0, 0.05) is 44.5 Å². The third-order valence-corrected chi connectivity index (χ3v) is 4.56. The average molecular weight is 341 g/mol. The molecule has 0 aromatic carbocycles. The molecule has 1 N–H and O–H groups in total. The fourth-order valence-electron chi connectivity index (χ4n) is 3.34. The summed E-state index contributed by atoms with van der Waals surface area (Å²) in [5, 5.41) is 7.46. The van der Waals surface area contributed by atoms with E-state index in [1.54, 1.807) is 6.20 Å². The predicted octanol–water partition coefficient (Wildman–Crippen LogP) is 3.10. The summed E-state index contributed by atoms with van der Waals surface area (Å²) in [4.78, 5) is 18.7. The Labute approximate surface area is 149 Å². The number of hydrogen-bond acceptors (Lipinski definition) is 4. The number of anilines is 1. The van der Waals surface area contributed by atoms with Gasteiger partial charge in [-0.3, -0.25) is 14.7 Å². The summed E-state index contributed by atoms with van der Waals surface area (Å²) in [6.07, 6.45) is 8.12. The fraction of sp³-hybridized carbons (Fsp3) is 0.526. The molecule has 6 nitrogen and oxygen atoms in total. The number of pyridine rings is 1. The molecule has 1 fully saturated rings. The van der Waals surface area contributed by atoms with Crippen LogP contribution in [0.1, 0.15) is 44.7 Å². The number of nitrogens with one attached hydrogen (secondary N) is 1. The molecule has 0 saturated carbocycles. The van der Waals surface area contributed by atoms with Crippen LogP contribution in [0.5, 0.6) is 0 Å². The zero-order valence-electron chi connectivity index (χ0n) is 15.1. The molecule has 6 heteroatoms. The van der Waals surface area contributed by atoms with Crippen LogP contribution in [-0.2, 0) is 11.3 Å². The molecule has 2 aromatic heterocycles. The predicted molar refractivity (Wildman–Crippen MR) is 98.1 cm³/mol. The number of hydrogen-bond donors (Lipinski definition) is 1. The van der Waals surface area contributed by atoms with Gasteiger partial charge in [-0.05, 0) is 30.4 Å². The maximum Gasteiger partial charge on any atom is 0.225 e. The van der Waals surface area contributed by atoms with Crippen molar-refractivity contribution in [3.8, 4) is 0 Å². The topological polar surface area (TPSA) is 63.1 Å². The third-order valence-electron chi connectivity index (χ3n) is 4.56. The van der Waals surface area contributed by atoms with Gasteiger partial charge in [-0.2, -0.15) is 5.10 Å². The molecule has 1 amide bonds. The highest BCUT2D eigenvalue weighted by Gasteiger charge is 2.23. The second-order valence-electron chi connectivity index (χ2n) is 7.18. The first-order valence-electron chi connectivity index (χ1n) is 9.06. The van der Waals surface area contributed by atoms with E-state index in [4.69, 9.17) is 0 Å². The van der Waals surface area contributed by atoms with Gasteiger partial charge in [-0.25, -0.2) is 4.68 Å². The van der Waals surface area contributed by atoms with Gasteiger partial charge in [-0.1, -0.05) is 19.9 Å². The van der Waals surface area contributed by atoms with Crippen molar-refractivity contribution in [2.75, 3.05) is 18.4 Å². The number of amides is 1. The fourth-order valence-corrected chi connectivity index (χ4v) is 3.34. The Hall–Kier alpha value is -2.21. The minimum Gasteiger partial charge on any atom is -0.311 e. The van der Waals surface area contributed by atoms with Crippen LogP contribution in [0.4, 0.5) is 5.82 Å². The van der Waals surface area contributed by atoms with Crippen molar-refractivity contribution in [3.05, 3.63) is 42.4 Å². The summed E-state index contributed by atoms with van der Waals surface area (Å²) in [6.45, 7) is 7.10. The van der Waals surface area contributed by atoms with Gasteiger partial charge in [0.25, 0.3) is 0 Å². The van der Waals surface area contributed by atoms with Crippen LogP contribution in [0.25, 0.3) is 0 Å². The Balaban J connectivity index is 1.55. The van der Waals surface area contributed by atoms with Crippen LogP contribution in [0, 0.1) is 5.92 Å². The second kappa shape index (κ2) is 8.25. The van der Waals surface area contributed by atoms with Crippen molar-refractivity contribution in [2.24, 2.45) is 5.92 Å². The molecule has 0 radical (unpaired) electrons. The summed E-state index contributed by atoms with van der Waals surface area (Å²) < 4.78 is 1.99. The van der Waals surface area contributed by atoms with Gasteiger partial charge < -0.3 is 5.32 Å². The van der Waals surface area contributed by atoms with Gasteiger partial charge in [0.2, 0.25) is 5.91 Å². The summed E-state index contributed by atoms with van der Waals surface area (Å²) in [7, 11) is 0. The lowest BCUT2D eigenvalue weighted by molar-refractivity contribution is -0.116. The van der Waals surface area contributed by atoms with Gasteiger partial charge in [0.05, 0.1) is 12.2 Å². The minimum atomic E-state index is 0.0609. The van der Waals surface area contributed by atoms with Crippen molar-refractivity contribution in [1.82, 2.24) is 19.7 Å². The standard InChI is InChI=1S/C19H27N5O/c1-15(2)12-19(25)22-18-5-9-21-24(18)17-6-10-23(11-7-17)14-16-4-3-8-20-13-16/h3-5,8-9,13,15,17H,6-7,10-12,14H2,1-2H3,(H,22,25). The lowest BCUT2D eigenvalue weighted by atomic mass is 10.0. The molecule has 3 rings (SSSR count). The monoisotopic (exact) mass is 341 g/mol. The van der Waals surface area contributed by atoms with Crippen molar-refractivity contribution in [1.29, 1.82) is 0 Å². The molecule has 0 unspecified atom stereocenters. The van der Waals surface area contributed by atoms with E-state index in [1.165, 1.54) is 5.56 Å². The minimum absolute atomic E-state index is 0.0609. The molecular weight excluding hydrogens is 314 g/mol. The van der Waals surface area contributed by atoms with Crippen LogP contribution in [0.2, 0.25) is 0 Å². The van der Waals surface area contributed by atoms with Gasteiger partial charge in [0.1, 0.15) is 5.82 Å². The van der Waals surface area contributed by atoms with Gasteiger partial charge >= 0.3 is 0 Å². The van der Waals surface area contributed by atoms with E-state index in [0.29, 0.717) is 18.4 Å². The van der Waals surface area contributed by atoms with Crippen LogP contribution >= 0.6 is 0 Å². The van der Waals surface area contributed by atoms with E-state index in [9.17, 15) is 4.79 Å². The van der Waals surface area contributed by atoms with Crippen LogP contribution < -0.4 is 5.32 Å². The quantitative estimate of drug-likeness (QED) is 0.877. The van der Waals surface area contributed by atoms with Crippen LogP contribution in [-0.4, -0.2) is 38.7 Å². The largest absolute Gasteiger partial charge is 0.311 e. The Morgan fingerprint density at radius 3 is 2.76 bits per heavy atom. The Morgan fingerprint density at radius 1 is 1.28 bits per heavy atom. The highest BCUT2D eigenvalue weighted by Crippen LogP contribution is 2.26. The molecule has 2 aromatic rings. The third kappa shape index (κ3) is 4.89. The second-order valence-corrected chi connectivity index (χ2v) is 7.18. The lowest BCUT2D eigenvalue weighted by Gasteiger charge is -2.32. The van der Waals surface area contributed by atoms with Crippen molar-refractivity contribution < 1.29 is 4.79 Å². The van der Waals surface area contributed by atoms with E-state index in [-0.39, 0.29) is 5.91 Å². The van der Waals surface area contributed by atoms with Crippen LogP contribution in [0.3, 0.4) is 0 Å². The molecule has 3 heterocycles. The number of rotatable bonds is 6. The molecule has 0 spiro atoms. The lowest BCUT2D eigenvalue weighted by Crippen LogP contribution is -2.35. The number of aromatic nitrogens is 3. The number of likely N-dealkylation sites (tertiary alicyclic amines) is 1. The van der Waals surface area contributed by atoms with E-state index in [0.717, 1.165) is 38.3 Å². The number of carbonyl (C=O) groups excluding carboxylic acids is 1. The van der Waals surface area contributed by atoms with E-state index in [2.05, 4.69) is 40.2 Å². The molecule has 1 saturated heterocycles. The molecule has 0 aliphatic carbocycles. The Bertz CT molecular complexity index is 674. The summed E-state index contributed by atoms with van der Waals surface area (Å²) >= 11 is 0. The normalized spacial score (nSPS) is 16.3. The van der Waals surface area contributed by atoms with Gasteiger partial charge in [-0.15, -0.1) is 0 Å². The van der Waals surface area contributed by atoms with Gasteiger partial charge in [0.15, 0.2) is 0 Å². The maximum absolute atomic E-state index is 12.0. The smallest absolute Gasteiger partial charge is 0.225 e. The van der Waals surface area contributed by atoms with E-state index >= 15 is 0 Å². The van der Waals surface area contributed by atoms with Crippen molar-refractivity contribution >= 4 is 11.7 Å². The first-order chi connectivity index (χ1) is 12.1. The molecular formula is C19H27N5O.